The van der Waals surface area contributed by atoms with E-state index in [0.717, 1.165) is 4.90 Å². The van der Waals surface area contributed by atoms with Crippen molar-refractivity contribution in [2.45, 2.75) is 25.9 Å². The van der Waals surface area contributed by atoms with Crippen LogP contribution < -0.4 is 15.0 Å². The molecule has 0 saturated carbocycles. The maximum absolute atomic E-state index is 12.4. The number of carbonyl (C=O) groups is 4. The van der Waals surface area contributed by atoms with Crippen molar-refractivity contribution < 1.29 is 28.7 Å². The predicted molar refractivity (Wildman–Crippen MR) is 105 cm³/mol. The molecule has 0 spiro atoms. The number of methoxy groups -OCH3 is 1. The summed E-state index contributed by atoms with van der Waals surface area (Å²) in [4.78, 5) is 49.5. The van der Waals surface area contributed by atoms with Gasteiger partial charge < -0.3 is 14.8 Å². The van der Waals surface area contributed by atoms with Gasteiger partial charge >= 0.3 is 5.97 Å². The van der Waals surface area contributed by atoms with Crippen LogP contribution in [0.5, 0.6) is 5.75 Å². The summed E-state index contributed by atoms with van der Waals surface area (Å²) in [6.45, 7) is 1.45. The van der Waals surface area contributed by atoms with Crippen LogP contribution in [0.1, 0.15) is 30.1 Å². The lowest BCUT2D eigenvalue weighted by atomic mass is 10.2. The van der Waals surface area contributed by atoms with E-state index in [1.165, 1.54) is 19.1 Å². The van der Waals surface area contributed by atoms with Gasteiger partial charge in [0.25, 0.3) is 5.91 Å². The van der Waals surface area contributed by atoms with Gasteiger partial charge in [0, 0.05) is 18.5 Å². The third kappa shape index (κ3) is 4.60. The molecule has 0 aromatic heterocycles. The lowest BCUT2D eigenvalue weighted by Gasteiger charge is -2.16. The molecule has 1 aliphatic heterocycles. The van der Waals surface area contributed by atoms with E-state index in [0.29, 0.717) is 17.1 Å². The molecule has 8 nitrogen and oxygen atoms in total. The van der Waals surface area contributed by atoms with Gasteiger partial charge in [-0.1, -0.05) is 6.07 Å². The predicted octanol–water partition coefficient (Wildman–Crippen LogP) is 2.53. The van der Waals surface area contributed by atoms with Crippen molar-refractivity contribution in [2.75, 3.05) is 17.3 Å². The molecule has 1 atom stereocenters. The molecule has 1 N–H and O–H groups in total. The Morgan fingerprint density at radius 2 is 1.69 bits per heavy atom. The minimum absolute atomic E-state index is 0.138. The van der Waals surface area contributed by atoms with Crippen LogP contribution in [0, 0.1) is 0 Å². The van der Waals surface area contributed by atoms with E-state index in [9.17, 15) is 19.2 Å². The van der Waals surface area contributed by atoms with Gasteiger partial charge in [0.05, 0.1) is 18.4 Å². The molecule has 1 aliphatic rings. The van der Waals surface area contributed by atoms with E-state index in [-0.39, 0.29) is 30.2 Å². The number of ether oxygens (including phenoxy) is 2. The second-order valence-electron chi connectivity index (χ2n) is 6.44. The smallest absolute Gasteiger partial charge is 0.338 e. The van der Waals surface area contributed by atoms with Crippen LogP contribution in [0.2, 0.25) is 0 Å². The summed E-state index contributed by atoms with van der Waals surface area (Å²) < 4.78 is 10.3. The highest BCUT2D eigenvalue weighted by atomic mass is 16.5. The number of benzene rings is 2. The maximum atomic E-state index is 12.4. The van der Waals surface area contributed by atoms with Gasteiger partial charge in [0.1, 0.15) is 5.75 Å². The Hall–Kier alpha value is -3.68. The van der Waals surface area contributed by atoms with Gasteiger partial charge in [-0.15, -0.1) is 0 Å². The Morgan fingerprint density at radius 1 is 1.03 bits per heavy atom. The molecule has 1 saturated heterocycles. The molecule has 150 valence electrons. The molecule has 1 fully saturated rings. The number of imide groups is 1. The van der Waals surface area contributed by atoms with Crippen LogP contribution in [0.25, 0.3) is 0 Å². The molecule has 0 bridgehead atoms. The number of nitrogens with zero attached hydrogens (tertiary/aromatic N) is 1. The minimum Gasteiger partial charge on any atom is -0.497 e. The average Bonchev–Trinajstić information content (AvgIpc) is 3.06. The van der Waals surface area contributed by atoms with E-state index in [2.05, 4.69) is 5.32 Å². The number of rotatable bonds is 6. The highest BCUT2D eigenvalue weighted by Crippen LogP contribution is 2.24. The summed E-state index contributed by atoms with van der Waals surface area (Å²) in [5.74, 6) is -1.20. The largest absolute Gasteiger partial charge is 0.497 e. The Balaban J connectivity index is 1.64. The summed E-state index contributed by atoms with van der Waals surface area (Å²) in [5.41, 5.74) is 0.980. The van der Waals surface area contributed by atoms with Crippen molar-refractivity contribution >= 4 is 35.1 Å². The van der Waals surface area contributed by atoms with Crippen LogP contribution in [-0.2, 0) is 19.1 Å². The Labute approximate surface area is 167 Å². The Morgan fingerprint density at radius 3 is 2.31 bits per heavy atom. The zero-order chi connectivity index (χ0) is 21.0. The van der Waals surface area contributed by atoms with Crippen LogP contribution in [0.4, 0.5) is 11.4 Å². The second kappa shape index (κ2) is 8.55. The monoisotopic (exact) mass is 396 g/mol. The molecule has 2 aromatic rings. The third-order valence-electron chi connectivity index (χ3n) is 4.40. The summed E-state index contributed by atoms with van der Waals surface area (Å²) in [6.07, 6.45) is -0.755. The standard InChI is InChI=1S/C21H20N2O6/c1-13(20(26)22-15-6-8-17(28-2)9-7-15)29-21(27)14-4-3-5-16(12-14)23-18(24)10-11-19(23)25/h3-9,12-13H,10-11H2,1-2H3,(H,22,26)/t13-/m1/s1. The molecule has 3 amide bonds. The lowest BCUT2D eigenvalue weighted by molar-refractivity contribution is -0.124. The molecule has 0 radical (unpaired) electrons. The topological polar surface area (TPSA) is 102 Å². The molecule has 0 unspecified atom stereocenters. The number of esters is 1. The van der Waals surface area contributed by atoms with Crippen molar-refractivity contribution in [1.29, 1.82) is 0 Å². The normalized spacial score (nSPS) is 14.5. The van der Waals surface area contributed by atoms with Crippen LogP contribution in [-0.4, -0.2) is 36.9 Å². The van der Waals surface area contributed by atoms with E-state index in [4.69, 9.17) is 9.47 Å². The maximum Gasteiger partial charge on any atom is 0.338 e. The fraction of sp³-hybridized carbons (Fsp3) is 0.238. The fourth-order valence-corrected chi connectivity index (χ4v) is 2.84. The van der Waals surface area contributed by atoms with Gasteiger partial charge in [-0.2, -0.15) is 0 Å². The van der Waals surface area contributed by atoms with Crippen LogP contribution >= 0.6 is 0 Å². The number of amides is 3. The molecule has 1 heterocycles. The lowest BCUT2D eigenvalue weighted by Crippen LogP contribution is -2.30. The first-order valence-corrected chi connectivity index (χ1v) is 9.01. The van der Waals surface area contributed by atoms with E-state index in [1.54, 1.807) is 43.5 Å². The zero-order valence-electron chi connectivity index (χ0n) is 16.0. The molecule has 2 aromatic carbocycles. The number of anilines is 2. The summed E-state index contributed by atoms with van der Waals surface area (Å²) in [6, 6.07) is 12.7. The average molecular weight is 396 g/mol. The SMILES string of the molecule is COc1ccc(NC(=O)[C@@H](C)OC(=O)c2cccc(N3C(=O)CCC3=O)c2)cc1. The first-order chi connectivity index (χ1) is 13.9. The van der Waals surface area contributed by atoms with E-state index >= 15 is 0 Å². The Kier molecular flexibility index (Phi) is 5.92. The van der Waals surface area contributed by atoms with Crippen molar-refractivity contribution in [3.63, 3.8) is 0 Å². The fourth-order valence-electron chi connectivity index (χ4n) is 2.84. The van der Waals surface area contributed by atoms with E-state index in [1.807, 2.05) is 0 Å². The van der Waals surface area contributed by atoms with Gasteiger partial charge in [-0.25, -0.2) is 4.79 Å². The second-order valence-corrected chi connectivity index (χ2v) is 6.44. The quantitative estimate of drug-likeness (QED) is 0.595. The van der Waals surface area contributed by atoms with Gasteiger partial charge in [-0.3, -0.25) is 19.3 Å². The molecular weight excluding hydrogens is 376 g/mol. The van der Waals surface area contributed by atoms with Crippen molar-refractivity contribution in [3.05, 3.63) is 54.1 Å². The summed E-state index contributed by atoms with van der Waals surface area (Å²) >= 11 is 0. The van der Waals surface area contributed by atoms with Gasteiger partial charge in [-0.05, 0) is 49.4 Å². The highest BCUT2D eigenvalue weighted by molar-refractivity contribution is 6.20. The Bertz CT molecular complexity index is 938. The first-order valence-electron chi connectivity index (χ1n) is 9.01. The number of nitrogens with one attached hydrogen (secondary N) is 1. The molecule has 0 aliphatic carbocycles. The molecule has 29 heavy (non-hydrogen) atoms. The van der Waals surface area contributed by atoms with Gasteiger partial charge in [0.15, 0.2) is 6.10 Å². The third-order valence-corrected chi connectivity index (χ3v) is 4.40. The number of hydrogen-bond donors (Lipinski definition) is 1. The molecule has 8 heteroatoms. The van der Waals surface area contributed by atoms with Crippen molar-refractivity contribution in [1.82, 2.24) is 0 Å². The zero-order valence-corrected chi connectivity index (χ0v) is 16.0. The highest BCUT2D eigenvalue weighted by Gasteiger charge is 2.30. The first kappa shape index (κ1) is 20.1. The van der Waals surface area contributed by atoms with Gasteiger partial charge in [0.2, 0.25) is 11.8 Å². The van der Waals surface area contributed by atoms with Crippen LogP contribution in [0.3, 0.4) is 0 Å². The van der Waals surface area contributed by atoms with E-state index < -0.39 is 18.0 Å². The van der Waals surface area contributed by atoms with Crippen molar-refractivity contribution in [3.8, 4) is 5.75 Å². The summed E-state index contributed by atoms with van der Waals surface area (Å²) in [7, 11) is 1.54. The number of carbonyl (C=O) groups excluding carboxylic acids is 4. The van der Waals surface area contributed by atoms with Crippen LogP contribution in [0.15, 0.2) is 48.5 Å². The summed E-state index contributed by atoms with van der Waals surface area (Å²) in [5, 5.41) is 2.65. The molecular formula is C21H20N2O6. The molecule has 3 rings (SSSR count). The minimum atomic E-state index is -1.05. The number of hydrogen-bond acceptors (Lipinski definition) is 6. The van der Waals surface area contributed by atoms with Crippen molar-refractivity contribution in [2.24, 2.45) is 0 Å².